The second-order valence-corrected chi connectivity index (χ2v) is 5.24. The van der Waals surface area contributed by atoms with Crippen molar-refractivity contribution < 1.29 is 0 Å². The summed E-state index contributed by atoms with van der Waals surface area (Å²) in [7, 11) is 0. The highest BCUT2D eigenvalue weighted by Gasteiger charge is 2.33. The summed E-state index contributed by atoms with van der Waals surface area (Å²) >= 11 is 6.21. The maximum atomic E-state index is 6.49. The number of benzene rings is 1. The Morgan fingerprint density at radius 3 is 2.80 bits per heavy atom. The van der Waals surface area contributed by atoms with Crippen LogP contribution >= 0.6 is 11.6 Å². The summed E-state index contributed by atoms with van der Waals surface area (Å²) in [5.74, 6) is 0.708. The zero-order valence-corrected chi connectivity index (χ0v) is 9.93. The summed E-state index contributed by atoms with van der Waals surface area (Å²) in [6.45, 7) is 2.28. The molecule has 1 aliphatic carbocycles. The molecule has 0 radical (unpaired) electrons. The fourth-order valence-electron chi connectivity index (χ4n) is 2.70. The quantitative estimate of drug-likeness (QED) is 0.772. The van der Waals surface area contributed by atoms with Gasteiger partial charge >= 0.3 is 0 Å². The lowest BCUT2D eigenvalue weighted by Crippen LogP contribution is -2.41. The van der Waals surface area contributed by atoms with Gasteiger partial charge in [0, 0.05) is 10.6 Å². The topological polar surface area (TPSA) is 26.0 Å². The van der Waals surface area contributed by atoms with E-state index in [-0.39, 0.29) is 5.54 Å². The average Bonchev–Trinajstić information content (AvgIpc) is 2.17. The van der Waals surface area contributed by atoms with Crippen LogP contribution in [0.2, 0.25) is 5.02 Å². The Morgan fingerprint density at radius 2 is 2.13 bits per heavy atom. The van der Waals surface area contributed by atoms with E-state index >= 15 is 0 Å². The van der Waals surface area contributed by atoms with Gasteiger partial charge in [-0.2, -0.15) is 0 Å². The summed E-state index contributed by atoms with van der Waals surface area (Å²) in [6.07, 6.45) is 4.62. The van der Waals surface area contributed by atoms with Crippen LogP contribution in [0.1, 0.15) is 38.2 Å². The van der Waals surface area contributed by atoms with Gasteiger partial charge in [0.15, 0.2) is 0 Å². The summed E-state index contributed by atoms with van der Waals surface area (Å²) in [6, 6.07) is 7.99. The molecule has 1 saturated carbocycles. The molecular formula is C13H18ClN. The molecule has 0 aromatic heterocycles. The highest BCUT2D eigenvalue weighted by Crippen LogP contribution is 2.40. The summed E-state index contributed by atoms with van der Waals surface area (Å²) in [5, 5.41) is 0.814. The number of hydrogen-bond acceptors (Lipinski definition) is 1. The third-order valence-electron chi connectivity index (χ3n) is 3.44. The van der Waals surface area contributed by atoms with Crippen molar-refractivity contribution in [3.05, 3.63) is 34.9 Å². The molecule has 1 aromatic rings. The van der Waals surface area contributed by atoms with Crippen LogP contribution in [0.4, 0.5) is 0 Å². The van der Waals surface area contributed by atoms with E-state index in [4.69, 9.17) is 17.3 Å². The van der Waals surface area contributed by atoms with Crippen molar-refractivity contribution in [2.24, 2.45) is 11.7 Å². The number of hydrogen-bond donors (Lipinski definition) is 1. The van der Waals surface area contributed by atoms with Gasteiger partial charge in [-0.05, 0) is 30.4 Å². The van der Waals surface area contributed by atoms with Crippen molar-refractivity contribution in [3.8, 4) is 0 Å². The SMILES string of the molecule is CC1CCCC(N)(c2ccccc2Cl)C1. The first-order valence-corrected chi connectivity index (χ1v) is 6.03. The largest absolute Gasteiger partial charge is 0.321 e. The van der Waals surface area contributed by atoms with Gasteiger partial charge in [0.05, 0.1) is 0 Å². The lowest BCUT2D eigenvalue weighted by Gasteiger charge is -2.37. The number of halogens is 1. The molecular weight excluding hydrogens is 206 g/mol. The zero-order valence-electron chi connectivity index (χ0n) is 9.17. The molecule has 2 heteroatoms. The molecule has 2 rings (SSSR count). The Labute approximate surface area is 96.6 Å². The molecule has 2 atom stereocenters. The van der Waals surface area contributed by atoms with Crippen LogP contribution in [0.3, 0.4) is 0 Å². The second kappa shape index (κ2) is 4.15. The molecule has 1 fully saturated rings. The van der Waals surface area contributed by atoms with E-state index in [9.17, 15) is 0 Å². The van der Waals surface area contributed by atoms with Crippen molar-refractivity contribution in [2.45, 2.75) is 38.1 Å². The smallest absolute Gasteiger partial charge is 0.0456 e. The van der Waals surface area contributed by atoms with Crippen molar-refractivity contribution in [1.82, 2.24) is 0 Å². The van der Waals surface area contributed by atoms with Gasteiger partial charge in [0.1, 0.15) is 0 Å². The molecule has 0 aliphatic heterocycles. The predicted octanol–water partition coefficient (Wildman–Crippen LogP) is 3.70. The van der Waals surface area contributed by atoms with E-state index in [0.717, 1.165) is 23.4 Å². The first kappa shape index (κ1) is 11.0. The molecule has 0 amide bonds. The third-order valence-corrected chi connectivity index (χ3v) is 3.77. The van der Waals surface area contributed by atoms with E-state index in [1.807, 2.05) is 18.2 Å². The second-order valence-electron chi connectivity index (χ2n) is 4.84. The van der Waals surface area contributed by atoms with E-state index in [1.165, 1.54) is 12.8 Å². The van der Waals surface area contributed by atoms with Crippen LogP contribution < -0.4 is 5.73 Å². The molecule has 82 valence electrons. The van der Waals surface area contributed by atoms with Crippen molar-refractivity contribution >= 4 is 11.6 Å². The van der Waals surface area contributed by atoms with Crippen LogP contribution in [-0.2, 0) is 5.54 Å². The first-order valence-electron chi connectivity index (χ1n) is 5.66. The maximum absolute atomic E-state index is 6.49. The Hall–Kier alpha value is -0.530. The van der Waals surface area contributed by atoms with Crippen LogP contribution in [0, 0.1) is 5.92 Å². The highest BCUT2D eigenvalue weighted by atomic mass is 35.5. The molecule has 2 unspecified atom stereocenters. The van der Waals surface area contributed by atoms with E-state index < -0.39 is 0 Å². The molecule has 0 heterocycles. The van der Waals surface area contributed by atoms with Crippen molar-refractivity contribution in [1.29, 1.82) is 0 Å². The zero-order chi connectivity index (χ0) is 10.9. The highest BCUT2D eigenvalue weighted by molar-refractivity contribution is 6.31. The minimum Gasteiger partial charge on any atom is -0.321 e. The average molecular weight is 224 g/mol. The molecule has 1 aromatic carbocycles. The van der Waals surface area contributed by atoms with Crippen molar-refractivity contribution in [2.75, 3.05) is 0 Å². The van der Waals surface area contributed by atoms with Gasteiger partial charge in [0.2, 0.25) is 0 Å². The Morgan fingerprint density at radius 1 is 1.40 bits per heavy atom. The standard InChI is InChI=1S/C13H18ClN/c1-10-5-4-8-13(15,9-10)11-6-2-3-7-12(11)14/h2-3,6-7,10H,4-5,8-9,15H2,1H3. The molecule has 0 spiro atoms. The fourth-order valence-corrected chi connectivity index (χ4v) is 3.03. The lowest BCUT2D eigenvalue weighted by atomic mass is 9.73. The summed E-state index contributed by atoms with van der Waals surface area (Å²) in [5.41, 5.74) is 7.41. The molecule has 1 nitrogen and oxygen atoms in total. The Bertz CT molecular complexity index is 350. The molecule has 1 aliphatic rings. The summed E-state index contributed by atoms with van der Waals surface area (Å²) < 4.78 is 0. The summed E-state index contributed by atoms with van der Waals surface area (Å²) in [4.78, 5) is 0. The van der Waals surface area contributed by atoms with Gasteiger partial charge in [-0.15, -0.1) is 0 Å². The van der Waals surface area contributed by atoms with Crippen LogP contribution in [0.25, 0.3) is 0 Å². The maximum Gasteiger partial charge on any atom is 0.0456 e. The van der Waals surface area contributed by atoms with Crippen LogP contribution in [0.5, 0.6) is 0 Å². The first-order chi connectivity index (χ1) is 7.12. The Kier molecular flexibility index (Phi) is 3.03. The van der Waals surface area contributed by atoms with E-state index in [2.05, 4.69) is 13.0 Å². The number of rotatable bonds is 1. The van der Waals surface area contributed by atoms with Gasteiger partial charge in [-0.3, -0.25) is 0 Å². The van der Waals surface area contributed by atoms with Crippen molar-refractivity contribution in [3.63, 3.8) is 0 Å². The van der Waals surface area contributed by atoms with E-state index in [0.29, 0.717) is 5.92 Å². The normalized spacial score (nSPS) is 31.5. The van der Waals surface area contributed by atoms with Crippen LogP contribution in [-0.4, -0.2) is 0 Å². The monoisotopic (exact) mass is 223 g/mol. The lowest BCUT2D eigenvalue weighted by molar-refractivity contribution is 0.239. The Balaban J connectivity index is 2.32. The third kappa shape index (κ3) is 2.19. The predicted molar refractivity (Wildman–Crippen MR) is 64.9 cm³/mol. The van der Waals surface area contributed by atoms with Crippen LogP contribution in [0.15, 0.2) is 24.3 Å². The van der Waals surface area contributed by atoms with E-state index in [1.54, 1.807) is 0 Å². The fraction of sp³-hybridized carbons (Fsp3) is 0.538. The van der Waals surface area contributed by atoms with Gasteiger partial charge in [0.25, 0.3) is 0 Å². The minimum atomic E-state index is -0.198. The molecule has 0 bridgehead atoms. The minimum absolute atomic E-state index is 0.198. The number of nitrogens with two attached hydrogens (primary N) is 1. The molecule has 15 heavy (non-hydrogen) atoms. The molecule has 0 saturated heterocycles. The van der Waals surface area contributed by atoms with Gasteiger partial charge < -0.3 is 5.73 Å². The molecule has 2 N–H and O–H groups in total. The van der Waals surface area contributed by atoms with Gasteiger partial charge in [-0.1, -0.05) is 49.6 Å². The van der Waals surface area contributed by atoms with Gasteiger partial charge in [-0.25, -0.2) is 0 Å².